The Balaban J connectivity index is 1.71. The largest absolute Gasteiger partial charge is 0.481 e. The Morgan fingerprint density at radius 1 is 1.10 bits per heavy atom. The molecule has 152 valence electrons. The number of aliphatic carboxylic acids is 1. The van der Waals surface area contributed by atoms with Gasteiger partial charge in [0.1, 0.15) is 24.5 Å². The molecule has 29 heavy (non-hydrogen) atoms. The lowest BCUT2D eigenvalue weighted by Gasteiger charge is -2.24. The minimum absolute atomic E-state index is 0.0715. The summed E-state index contributed by atoms with van der Waals surface area (Å²) in [6.07, 6.45) is 2.59. The van der Waals surface area contributed by atoms with Gasteiger partial charge in [-0.2, -0.15) is 5.10 Å². The molecule has 8 heteroatoms. The average Bonchev–Trinajstić information content (AvgIpc) is 3.22. The topological polar surface area (TPSA) is 100 Å². The lowest BCUT2D eigenvalue weighted by molar-refractivity contribution is -0.136. The third-order valence-electron chi connectivity index (χ3n) is 4.61. The summed E-state index contributed by atoms with van der Waals surface area (Å²) >= 11 is 0. The van der Waals surface area contributed by atoms with E-state index in [4.69, 9.17) is 5.11 Å². The number of hydrogen-bond acceptors (Lipinski definition) is 5. The number of benzene rings is 2. The predicted octanol–water partition coefficient (Wildman–Crippen LogP) is 2.17. The second-order valence-electron chi connectivity index (χ2n) is 6.78. The van der Waals surface area contributed by atoms with Gasteiger partial charge >= 0.3 is 5.97 Å². The van der Waals surface area contributed by atoms with Crippen molar-refractivity contribution in [3.63, 3.8) is 0 Å². The molecule has 3 N–H and O–H groups in total. The Morgan fingerprint density at radius 3 is 2.41 bits per heavy atom. The first-order valence-corrected chi connectivity index (χ1v) is 9.31. The van der Waals surface area contributed by atoms with Crippen LogP contribution in [0.5, 0.6) is 0 Å². The lowest BCUT2D eigenvalue weighted by atomic mass is 9.95. The Labute approximate surface area is 167 Å². The Hall–Kier alpha value is -3.10. The van der Waals surface area contributed by atoms with Crippen molar-refractivity contribution in [2.45, 2.75) is 31.5 Å². The Kier molecular flexibility index (Phi) is 7.04. The van der Waals surface area contributed by atoms with Gasteiger partial charge in [0.05, 0.1) is 12.5 Å². The summed E-state index contributed by atoms with van der Waals surface area (Å²) in [5.41, 5.74) is 2.69. The van der Waals surface area contributed by atoms with Crippen molar-refractivity contribution >= 4 is 5.97 Å². The molecular formula is C21H23FN4O3. The highest BCUT2D eigenvalue weighted by atomic mass is 19.1. The van der Waals surface area contributed by atoms with Gasteiger partial charge in [0, 0.05) is 19.5 Å². The fourth-order valence-electron chi connectivity index (χ4n) is 3.15. The van der Waals surface area contributed by atoms with Gasteiger partial charge in [-0.15, -0.1) is 0 Å². The first-order valence-electron chi connectivity index (χ1n) is 9.31. The number of carbonyl (C=O) groups is 1. The molecule has 0 amide bonds. The van der Waals surface area contributed by atoms with Gasteiger partial charge in [-0.3, -0.25) is 4.79 Å². The first-order chi connectivity index (χ1) is 14.0. The highest BCUT2D eigenvalue weighted by molar-refractivity contribution is 5.66. The quantitative estimate of drug-likeness (QED) is 0.453. The van der Waals surface area contributed by atoms with E-state index < -0.39 is 18.1 Å². The summed E-state index contributed by atoms with van der Waals surface area (Å²) in [6.45, 7) is 0.953. The fourth-order valence-corrected chi connectivity index (χ4v) is 3.15. The van der Waals surface area contributed by atoms with Crippen LogP contribution in [-0.2, 0) is 17.8 Å². The van der Waals surface area contributed by atoms with Crippen LogP contribution in [0.25, 0.3) is 0 Å². The van der Waals surface area contributed by atoms with Gasteiger partial charge in [-0.05, 0) is 28.8 Å². The van der Waals surface area contributed by atoms with Crippen LogP contribution in [0, 0.1) is 5.82 Å². The van der Waals surface area contributed by atoms with E-state index in [1.807, 2.05) is 24.3 Å². The van der Waals surface area contributed by atoms with Crippen molar-refractivity contribution in [2.75, 3.05) is 6.54 Å². The van der Waals surface area contributed by atoms with Crippen LogP contribution in [0.4, 0.5) is 4.39 Å². The van der Waals surface area contributed by atoms with Crippen LogP contribution < -0.4 is 5.32 Å². The van der Waals surface area contributed by atoms with Crippen LogP contribution >= 0.6 is 0 Å². The fraction of sp³-hybridized carbons (Fsp3) is 0.286. The van der Waals surface area contributed by atoms with Crippen molar-refractivity contribution in [1.82, 2.24) is 20.1 Å². The molecule has 0 radical (unpaired) electrons. The maximum Gasteiger partial charge on any atom is 0.304 e. The minimum Gasteiger partial charge on any atom is -0.481 e. The molecule has 0 aliphatic heterocycles. The smallest absolute Gasteiger partial charge is 0.304 e. The number of rotatable bonds is 10. The molecule has 2 unspecified atom stereocenters. The standard InChI is InChI=1S/C21H23FN4O3/c22-18-7-3-15(4-8-18)11-19(27)21(26-14-24-13-25-26)17-5-1-16(2-6-17)12-23-10-9-20(28)29/h1-8,13-14,19,21,23,27H,9-12H2,(H,28,29). The summed E-state index contributed by atoms with van der Waals surface area (Å²) < 4.78 is 14.7. The lowest BCUT2D eigenvalue weighted by Crippen LogP contribution is -2.28. The molecule has 3 rings (SSSR count). The van der Waals surface area contributed by atoms with E-state index in [1.165, 1.54) is 18.5 Å². The summed E-state index contributed by atoms with van der Waals surface area (Å²) in [6, 6.07) is 13.3. The molecule has 3 aromatic rings. The molecule has 0 spiro atoms. The molecule has 7 nitrogen and oxygen atoms in total. The summed E-state index contributed by atoms with van der Waals surface area (Å²) in [4.78, 5) is 14.5. The minimum atomic E-state index is -0.835. The Morgan fingerprint density at radius 2 is 1.79 bits per heavy atom. The molecule has 2 atom stereocenters. The van der Waals surface area contributed by atoms with E-state index in [9.17, 15) is 14.3 Å². The molecule has 1 aromatic heterocycles. The monoisotopic (exact) mass is 398 g/mol. The van der Waals surface area contributed by atoms with Crippen molar-refractivity contribution in [2.24, 2.45) is 0 Å². The SMILES string of the molecule is O=C(O)CCNCc1ccc(C(C(O)Cc2ccc(F)cc2)n2cncn2)cc1. The van der Waals surface area contributed by atoms with Crippen LogP contribution in [0.15, 0.2) is 61.2 Å². The number of aromatic nitrogens is 3. The number of nitrogens with zero attached hydrogens (tertiary/aromatic N) is 3. The van der Waals surface area contributed by atoms with Crippen LogP contribution in [-0.4, -0.2) is 43.6 Å². The zero-order valence-electron chi connectivity index (χ0n) is 15.8. The highest BCUT2D eigenvalue weighted by Gasteiger charge is 2.24. The van der Waals surface area contributed by atoms with E-state index in [2.05, 4.69) is 15.4 Å². The maximum absolute atomic E-state index is 13.1. The summed E-state index contributed by atoms with van der Waals surface area (Å²) in [5.74, 6) is -1.15. The van der Waals surface area contributed by atoms with Crippen molar-refractivity contribution in [3.05, 3.63) is 83.7 Å². The molecule has 0 aliphatic rings. The molecule has 0 fully saturated rings. The van der Waals surface area contributed by atoms with Crippen molar-refractivity contribution < 1.29 is 19.4 Å². The van der Waals surface area contributed by atoms with E-state index in [0.717, 1.165) is 16.7 Å². The van der Waals surface area contributed by atoms with Crippen molar-refractivity contribution in [1.29, 1.82) is 0 Å². The zero-order chi connectivity index (χ0) is 20.6. The van der Waals surface area contributed by atoms with Gasteiger partial charge in [-0.1, -0.05) is 36.4 Å². The number of aliphatic hydroxyl groups is 1. The summed E-state index contributed by atoms with van der Waals surface area (Å²) in [5, 5.41) is 26.8. The second-order valence-corrected chi connectivity index (χ2v) is 6.78. The number of aliphatic hydroxyl groups excluding tert-OH is 1. The number of halogens is 1. The highest BCUT2D eigenvalue weighted by Crippen LogP contribution is 2.24. The molecule has 0 saturated carbocycles. The third kappa shape index (κ3) is 5.94. The molecule has 2 aromatic carbocycles. The van der Waals surface area contributed by atoms with E-state index >= 15 is 0 Å². The Bertz CT molecular complexity index is 899. The number of hydrogen-bond donors (Lipinski definition) is 3. The molecular weight excluding hydrogens is 375 g/mol. The van der Waals surface area contributed by atoms with Gasteiger partial charge in [-0.25, -0.2) is 14.1 Å². The van der Waals surface area contributed by atoms with Crippen molar-refractivity contribution in [3.8, 4) is 0 Å². The maximum atomic E-state index is 13.1. The normalized spacial score (nSPS) is 13.2. The first kappa shape index (κ1) is 20.6. The number of carboxylic acids is 1. The second kappa shape index (κ2) is 9.90. The zero-order valence-corrected chi connectivity index (χ0v) is 15.8. The summed E-state index contributed by atoms with van der Waals surface area (Å²) in [7, 11) is 0. The number of nitrogens with one attached hydrogen (secondary N) is 1. The van der Waals surface area contributed by atoms with Gasteiger partial charge in [0.2, 0.25) is 0 Å². The molecule has 0 bridgehead atoms. The predicted molar refractivity (Wildman–Crippen MR) is 105 cm³/mol. The van der Waals surface area contributed by atoms with Gasteiger partial charge < -0.3 is 15.5 Å². The van der Waals surface area contributed by atoms with E-state index in [0.29, 0.717) is 19.5 Å². The molecule has 0 saturated heterocycles. The van der Waals surface area contributed by atoms with Crippen LogP contribution in [0.3, 0.4) is 0 Å². The van der Waals surface area contributed by atoms with Crippen LogP contribution in [0.1, 0.15) is 29.2 Å². The van der Waals surface area contributed by atoms with E-state index in [1.54, 1.807) is 23.1 Å². The number of carboxylic acid groups (broad SMARTS) is 1. The third-order valence-corrected chi connectivity index (χ3v) is 4.61. The average molecular weight is 398 g/mol. The van der Waals surface area contributed by atoms with Gasteiger partial charge in [0.25, 0.3) is 0 Å². The van der Waals surface area contributed by atoms with Crippen LogP contribution in [0.2, 0.25) is 0 Å². The molecule has 0 aliphatic carbocycles. The van der Waals surface area contributed by atoms with E-state index in [-0.39, 0.29) is 12.2 Å². The van der Waals surface area contributed by atoms with Gasteiger partial charge in [0.15, 0.2) is 0 Å². The molecule has 1 heterocycles.